The predicted octanol–water partition coefficient (Wildman–Crippen LogP) is 2.36. The van der Waals surface area contributed by atoms with Crippen LogP contribution < -0.4 is 11.1 Å². The Morgan fingerprint density at radius 3 is 2.78 bits per heavy atom. The number of nitrogen functional groups attached to an aromatic ring is 1. The van der Waals surface area contributed by atoms with Crippen LogP contribution in [0.25, 0.3) is 0 Å². The number of halogens is 1. The molecule has 3 N–H and O–H groups in total. The van der Waals surface area contributed by atoms with Gasteiger partial charge in [0.2, 0.25) is 0 Å². The lowest BCUT2D eigenvalue weighted by Crippen LogP contribution is -2.14. The van der Waals surface area contributed by atoms with E-state index in [1.165, 1.54) is 12.1 Å². The van der Waals surface area contributed by atoms with Crippen molar-refractivity contribution in [1.82, 2.24) is 4.98 Å². The first-order valence-electron chi connectivity index (χ1n) is 5.35. The molecule has 1 heterocycles. The van der Waals surface area contributed by atoms with Crippen LogP contribution in [0.2, 0.25) is 0 Å². The van der Waals surface area contributed by atoms with Gasteiger partial charge < -0.3 is 11.1 Å². The Bertz CT molecular complexity index is 581. The van der Waals surface area contributed by atoms with E-state index in [4.69, 9.17) is 5.73 Å². The summed E-state index contributed by atoms with van der Waals surface area (Å²) >= 11 is 0. The van der Waals surface area contributed by atoms with Crippen molar-refractivity contribution >= 4 is 17.3 Å². The number of nitrogens with one attached hydrogen (secondary N) is 1. The molecule has 92 valence electrons. The van der Waals surface area contributed by atoms with Crippen molar-refractivity contribution in [3.8, 4) is 0 Å². The molecule has 1 aromatic carbocycles. The van der Waals surface area contributed by atoms with Gasteiger partial charge >= 0.3 is 0 Å². The number of aryl methyl sites for hydroxylation is 1. The van der Waals surface area contributed by atoms with Gasteiger partial charge in [-0.05, 0) is 36.8 Å². The summed E-state index contributed by atoms with van der Waals surface area (Å²) in [6.07, 6.45) is 0.995. The lowest BCUT2D eigenvalue weighted by Gasteiger charge is -2.08. The highest BCUT2D eigenvalue weighted by atomic mass is 19.1. The standard InChI is InChI=1S/C13H12FN3O/c1-8-2-4-10(15)12(6-8)17-13(18)11-5-3-9(14)7-16-11/h2-7H,15H2,1H3,(H,17,18). The number of nitrogens with two attached hydrogens (primary N) is 1. The van der Waals surface area contributed by atoms with Gasteiger partial charge in [0.25, 0.3) is 5.91 Å². The monoisotopic (exact) mass is 245 g/mol. The first-order chi connectivity index (χ1) is 8.56. The summed E-state index contributed by atoms with van der Waals surface area (Å²) in [5, 5.41) is 2.64. The largest absolute Gasteiger partial charge is 0.397 e. The van der Waals surface area contributed by atoms with Gasteiger partial charge in [-0.3, -0.25) is 4.79 Å². The number of amides is 1. The molecule has 18 heavy (non-hydrogen) atoms. The van der Waals surface area contributed by atoms with Gasteiger partial charge in [-0.1, -0.05) is 6.07 Å². The lowest BCUT2D eigenvalue weighted by molar-refractivity contribution is 0.102. The Hall–Kier alpha value is -2.43. The molecular weight excluding hydrogens is 233 g/mol. The molecule has 0 aliphatic carbocycles. The predicted molar refractivity (Wildman–Crippen MR) is 67.7 cm³/mol. The Kier molecular flexibility index (Phi) is 3.23. The highest BCUT2D eigenvalue weighted by Crippen LogP contribution is 2.20. The highest BCUT2D eigenvalue weighted by molar-refractivity contribution is 6.04. The molecule has 0 aliphatic rings. The van der Waals surface area contributed by atoms with E-state index >= 15 is 0 Å². The molecule has 0 spiro atoms. The van der Waals surface area contributed by atoms with Gasteiger partial charge in [-0.2, -0.15) is 0 Å². The maximum atomic E-state index is 12.7. The average molecular weight is 245 g/mol. The van der Waals surface area contributed by atoms with E-state index in [1.54, 1.807) is 12.1 Å². The minimum atomic E-state index is -0.485. The number of carbonyl (C=O) groups excluding carboxylic acids is 1. The van der Waals surface area contributed by atoms with Gasteiger partial charge in [0.1, 0.15) is 11.5 Å². The van der Waals surface area contributed by atoms with E-state index in [2.05, 4.69) is 10.3 Å². The highest BCUT2D eigenvalue weighted by Gasteiger charge is 2.09. The third kappa shape index (κ3) is 2.63. The average Bonchev–Trinajstić information content (AvgIpc) is 2.34. The molecule has 5 heteroatoms. The quantitative estimate of drug-likeness (QED) is 0.798. The number of pyridine rings is 1. The molecule has 0 saturated heterocycles. The second kappa shape index (κ2) is 4.83. The Morgan fingerprint density at radius 1 is 1.33 bits per heavy atom. The maximum absolute atomic E-state index is 12.7. The summed E-state index contributed by atoms with van der Waals surface area (Å²) in [6.45, 7) is 1.89. The van der Waals surface area contributed by atoms with Gasteiger partial charge in [0.05, 0.1) is 17.6 Å². The summed E-state index contributed by atoms with van der Waals surface area (Å²) in [7, 11) is 0. The van der Waals surface area contributed by atoms with Gasteiger partial charge in [0, 0.05) is 0 Å². The van der Waals surface area contributed by atoms with Crippen LogP contribution in [0.3, 0.4) is 0 Å². The molecule has 0 atom stereocenters. The molecule has 0 unspecified atom stereocenters. The number of hydrogen-bond acceptors (Lipinski definition) is 3. The first-order valence-corrected chi connectivity index (χ1v) is 5.35. The van der Waals surface area contributed by atoms with E-state index < -0.39 is 11.7 Å². The third-order valence-corrected chi connectivity index (χ3v) is 2.42. The first kappa shape index (κ1) is 12.0. The van der Waals surface area contributed by atoms with E-state index in [-0.39, 0.29) is 5.69 Å². The topological polar surface area (TPSA) is 68.0 Å². The molecule has 1 amide bonds. The van der Waals surface area contributed by atoms with Gasteiger partial charge in [-0.15, -0.1) is 0 Å². The van der Waals surface area contributed by atoms with Crippen molar-refractivity contribution in [2.45, 2.75) is 6.92 Å². The smallest absolute Gasteiger partial charge is 0.274 e. The van der Waals surface area contributed by atoms with Crippen molar-refractivity contribution in [2.75, 3.05) is 11.1 Å². The molecule has 4 nitrogen and oxygen atoms in total. The number of carbonyl (C=O) groups is 1. The van der Waals surface area contributed by atoms with Gasteiger partial charge in [0.15, 0.2) is 0 Å². The van der Waals surface area contributed by atoms with E-state index in [9.17, 15) is 9.18 Å². The third-order valence-electron chi connectivity index (χ3n) is 2.42. The number of anilines is 2. The summed E-state index contributed by atoms with van der Waals surface area (Å²) in [5.41, 5.74) is 7.85. The van der Waals surface area contributed by atoms with E-state index in [1.807, 2.05) is 13.0 Å². The number of aromatic nitrogens is 1. The van der Waals surface area contributed by atoms with Crippen molar-refractivity contribution < 1.29 is 9.18 Å². The fourth-order valence-corrected chi connectivity index (χ4v) is 1.47. The molecule has 0 bridgehead atoms. The summed E-state index contributed by atoms with van der Waals surface area (Å²) in [6, 6.07) is 7.82. The number of benzene rings is 1. The molecule has 2 rings (SSSR count). The Labute approximate surface area is 104 Å². The van der Waals surface area contributed by atoms with Crippen LogP contribution in [-0.4, -0.2) is 10.9 Å². The van der Waals surface area contributed by atoms with Crippen LogP contribution in [0.15, 0.2) is 36.5 Å². The van der Waals surface area contributed by atoms with Crippen LogP contribution in [0.1, 0.15) is 16.1 Å². The van der Waals surface area contributed by atoms with Crippen LogP contribution in [0, 0.1) is 12.7 Å². The zero-order valence-electron chi connectivity index (χ0n) is 9.77. The number of hydrogen-bond donors (Lipinski definition) is 2. The second-order valence-electron chi connectivity index (χ2n) is 3.91. The van der Waals surface area contributed by atoms with Crippen molar-refractivity contribution in [1.29, 1.82) is 0 Å². The van der Waals surface area contributed by atoms with Crippen molar-refractivity contribution in [3.63, 3.8) is 0 Å². The molecule has 1 aromatic heterocycles. The minimum Gasteiger partial charge on any atom is -0.397 e. The zero-order valence-corrected chi connectivity index (χ0v) is 9.77. The number of nitrogens with zero attached hydrogens (tertiary/aromatic N) is 1. The molecule has 0 radical (unpaired) electrons. The summed E-state index contributed by atoms with van der Waals surface area (Å²) in [5.74, 6) is -0.908. The molecule has 2 aromatic rings. The SMILES string of the molecule is Cc1ccc(N)c(NC(=O)c2ccc(F)cn2)c1. The normalized spacial score (nSPS) is 10.1. The van der Waals surface area contributed by atoms with Crippen molar-refractivity contribution in [2.24, 2.45) is 0 Å². The van der Waals surface area contributed by atoms with Crippen LogP contribution in [0.4, 0.5) is 15.8 Å². The molecule has 0 saturated carbocycles. The second-order valence-corrected chi connectivity index (χ2v) is 3.91. The molecule has 0 aliphatic heterocycles. The van der Waals surface area contributed by atoms with Gasteiger partial charge in [-0.25, -0.2) is 9.37 Å². The Balaban J connectivity index is 2.21. The minimum absolute atomic E-state index is 0.136. The van der Waals surface area contributed by atoms with Crippen LogP contribution in [-0.2, 0) is 0 Å². The van der Waals surface area contributed by atoms with E-state index in [0.717, 1.165) is 11.8 Å². The maximum Gasteiger partial charge on any atom is 0.274 e. The summed E-state index contributed by atoms with van der Waals surface area (Å²) in [4.78, 5) is 15.5. The molecular formula is C13H12FN3O. The zero-order chi connectivity index (χ0) is 13.1. The summed E-state index contributed by atoms with van der Waals surface area (Å²) < 4.78 is 12.7. The fourth-order valence-electron chi connectivity index (χ4n) is 1.47. The van der Waals surface area contributed by atoms with Crippen molar-refractivity contribution in [3.05, 3.63) is 53.6 Å². The lowest BCUT2D eigenvalue weighted by atomic mass is 10.2. The molecule has 0 fully saturated rings. The fraction of sp³-hybridized carbons (Fsp3) is 0.0769. The van der Waals surface area contributed by atoms with E-state index in [0.29, 0.717) is 11.4 Å². The van der Waals surface area contributed by atoms with Crippen LogP contribution in [0.5, 0.6) is 0 Å². The Morgan fingerprint density at radius 2 is 2.11 bits per heavy atom. The number of rotatable bonds is 2. The van der Waals surface area contributed by atoms with Crippen LogP contribution >= 0.6 is 0 Å².